The molecule has 3 aromatic carbocycles. The molecule has 5 heteroatoms. The fraction of sp³-hybridized carbons (Fsp3) is 0. The lowest BCUT2D eigenvalue weighted by Crippen LogP contribution is -1.96. The number of benzene rings is 3. The number of halogens is 2. The van der Waals surface area contributed by atoms with Crippen LogP contribution in [0.15, 0.2) is 78.9 Å². The Labute approximate surface area is 165 Å². The molecule has 0 atom stereocenters. The highest BCUT2D eigenvalue weighted by Gasteiger charge is 2.10. The molecule has 3 nitrogen and oxygen atoms in total. The van der Waals surface area contributed by atoms with Crippen LogP contribution in [0.5, 0.6) is 0 Å². The van der Waals surface area contributed by atoms with Crippen molar-refractivity contribution in [2.45, 2.75) is 0 Å². The topological polar surface area (TPSA) is 43.8 Å². The van der Waals surface area contributed by atoms with Crippen LogP contribution in [0.1, 0.15) is 11.4 Å². The predicted molar refractivity (Wildman–Crippen MR) is 115 cm³/mol. The van der Waals surface area contributed by atoms with E-state index in [1.54, 1.807) is 0 Å². The van der Waals surface area contributed by atoms with Crippen LogP contribution >= 0.6 is 24.8 Å². The summed E-state index contributed by atoms with van der Waals surface area (Å²) in [5, 5.41) is 0. The Balaban J connectivity index is 0.00000121. The van der Waals surface area contributed by atoms with Gasteiger partial charge in [-0.15, -0.1) is 24.8 Å². The molecule has 1 heterocycles. The number of nitrogens with zero attached hydrogens (tertiary/aromatic N) is 2. The molecular weight excluding hydrogens is 365 g/mol. The molecule has 0 fully saturated rings. The highest BCUT2D eigenvalue weighted by molar-refractivity contribution is 5.86. The van der Waals surface area contributed by atoms with Gasteiger partial charge in [0.25, 0.3) is 0 Å². The fourth-order valence-corrected chi connectivity index (χ4v) is 2.81. The summed E-state index contributed by atoms with van der Waals surface area (Å²) in [6.45, 7) is 0. The van der Waals surface area contributed by atoms with Crippen LogP contribution in [0.25, 0.3) is 28.9 Å². The minimum absolute atomic E-state index is 0. The third-order valence-corrected chi connectivity index (χ3v) is 3.94. The predicted octanol–water partition coefficient (Wildman–Crippen LogP) is 5.62. The first-order valence-corrected chi connectivity index (χ1v) is 7.88. The van der Waals surface area contributed by atoms with Crippen LogP contribution in [-0.4, -0.2) is 9.55 Å². The smallest absolute Gasteiger partial charge is 0.138 e. The van der Waals surface area contributed by atoms with E-state index >= 15 is 0 Å². The Morgan fingerprint density at radius 1 is 0.769 bits per heavy atom. The number of imidazole rings is 1. The van der Waals surface area contributed by atoms with Crippen LogP contribution in [0.3, 0.4) is 0 Å². The molecule has 1 aromatic heterocycles. The number of rotatable bonds is 3. The highest BCUT2D eigenvalue weighted by Crippen LogP contribution is 2.24. The lowest BCUT2D eigenvalue weighted by atomic mass is 10.2. The second-order valence-corrected chi connectivity index (χ2v) is 5.63. The standard InChI is InChI=1S/C21H17N3.2ClH/c22-17-12-13-20-19(15-17)23-21(14-11-16-7-3-1-4-8-16)24(20)18-9-5-2-6-10-18;;/h1-15H,22H2;2*1H. The molecule has 0 bridgehead atoms. The largest absolute Gasteiger partial charge is 0.399 e. The number of hydrogen-bond acceptors (Lipinski definition) is 2. The first-order chi connectivity index (χ1) is 11.8. The van der Waals surface area contributed by atoms with E-state index < -0.39 is 0 Å². The van der Waals surface area contributed by atoms with Crippen molar-refractivity contribution in [3.8, 4) is 5.69 Å². The summed E-state index contributed by atoms with van der Waals surface area (Å²) in [4.78, 5) is 4.76. The van der Waals surface area contributed by atoms with Crippen molar-refractivity contribution in [2.24, 2.45) is 0 Å². The molecule has 0 aliphatic carbocycles. The van der Waals surface area contributed by atoms with E-state index in [2.05, 4.69) is 34.9 Å². The summed E-state index contributed by atoms with van der Waals surface area (Å²) in [7, 11) is 0. The third-order valence-electron chi connectivity index (χ3n) is 3.94. The van der Waals surface area contributed by atoms with Gasteiger partial charge in [0.05, 0.1) is 11.0 Å². The highest BCUT2D eigenvalue weighted by atomic mass is 35.5. The third kappa shape index (κ3) is 3.90. The van der Waals surface area contributed by atoms with Gasteiger partial charge in [-0.05, 0) is 42.0 Å². The fourth-order valence-electron chi connectivity index (χ4n) is 2.81. The molecule has 2 N–H and O–H groups in total. The van der Waals surface area contributed by atoms with Crippen molar-refractivity contribution in [3.63, 3.8) is 0 Å². The van der Waals surface area contributed by atoms with Gasteiger partial charge in [-0.2, -0.15) is 0 Å². The molecular formula is C21H19Cl2N3. The minimum Gasteiger partial charge on any atom is -0.399 e. The maximum atomic E-state index is 5.92. The number of aromatic nitrogens is 2. The first-order valence-electron chi connectivity index (χ1n) is 7.88. The lowest BCUT2D eigenvalue weighted by Gasteiger charge is -2.07. The van der Waals surface area contributed by atoms with E-state index in [0.717, 1.165) is 33.8 Å². The number of anilines is 1. The Hall–Kier alpha value is -2.75. The van der Waals surface area contributed by atoms with Gasteiger partial charge in [0.2, 0.25) is 0 Å². The zero-order valence-corrected chi connectivity index (χ0v) is 15.6. The molecule has 0 saturated carbocycles. The summed E-state index contributed by atoms with van der Waals surface area (Å²) >= 11 is 0. The molecule has 0 aliphatic heterocycles. The SMILES string of the molecule is Cl.Cl.Nc1ccc2c(c1)nc(C=Cc1ccccc1)n2-c1ccccc1. The van der Waals surface area contributed by atoms with Crippen LogP contribution in [0, 0.1) is 0 Å². The van der Waals surface area contributed by atoms with Crippen molar-refractivity contribution >= 4 is 53.7 Å². The van der Waals surface area contributed by atoms with Crippen LogP contribution in [0.4, 0.5) is 5.69 Å². The summed E-state index contributed by atoms with van der Waals surface area (Å²) in [5.74, 6) is 0.880. The van der Waals surface area contributed by atoms with Gasteiger partial charge >= 0.3 is 0 Å². The Morgan fingerprint density at radius 3 is 2.12 bits per heavy atom. The minimum atomic E-state index is 0. The number of fused-ring (bicyclic) bond motifs is 1. The Kier molecular flexibility index (Phi) is 6.45. The van der Waals surface area contributed by atoms with E-state index in [1.807, 2.05) is 60.7 Å². The second kappa shape index (κ2) is 8.56. The first kappa shape index (κ1) is 19.6. The molecule has 132 valence electrons. The lowest BCUT2D eigenvalue weighted by molar-refractivity contribution is 1.07. The maximum Gasteiger partial charge on any atom is 0.138 e. The van der Waals surface area contributed by atoms with E-state index in [0.29, 0.717) is 0 Å². The van der Waals surface area contributed by atoms with Gasteiger partial charge in [0.15, 0.2) is 0 Å². The van der Waals surface area contributed by atoms with Gasteiger partial charge in [-0.25, -0.2) is 4.98 Å². The van der Waals surface area contributed by atoms with E-state index in [4.69, 9.17) is 10.7 Å². The summed E-state index contributed by atoms with van der Waals surface area (Å²) < 4.78 is 2.15. The molecule has 0 unspecified atom stereocenters. The molecule has 0 spiro atoms. The zero-order chi connectivity index (χ0) is 16.4. The summed E-state index contributed by atoms with van der Waals surface area (Å²) in [6, 6.07) is 26.3. The van der Waals surface area contributed by atoms with Crippen molar-refractivity contribution < 1.29 is 0 Å². The zero-order valence-electron chi connectivity index (χ0n) is 13.9. The number of para-hydroxylation sites is 1. The number of nitrogen functional groups attached to an aromatic ring is 1. The van der Waals surface area contributed by atoms with Crippen molar-refractivity contribution in [1.82, 2.24) is 9.55 Å². The molecule has 0 saturated heterocycles. The Bertz CT molecular complexity index is 1010. The van der Waals surface area contributed by atoms with Gasteiger partial charge in [-0.1, -0.05) is 54.6 Å². The average molecular weight is 384 g/mol. The van der Waals surface area contributed by atoms with Gasteiger partial charge in [0.1, 0.15) is 5.82 Å². The van der Waals surface area contributed by atoms with E-state index in [9.17, 15) is 0 Å². The monoisotopic (exact) mass is 383 g/mol. The molecule has 4 aromatic rings. The molecule has 0 radical (unpaired) electrons. The van der Waals surface area contributed by atoms with Crippen molar-refractivity contribution in [1.29, 1.82) is 0 Å². The average Bonchev–Trinajstić information content (AvgIpc) is 2.99. The van der Waals surface area contributed by atoms with Crippen LogP contribution in [0.2, 0.25) is 0 Å². The summed E-state index contributed by atoms with van der Waals surface area (Å²) in [6.07, 6.45) is 4.11. The molecule has 0 amide bonds. The van der Waals surface area contributed by atoms with Gasteiger partial charge < -0.3 is 5.73 Å². The van der Waals surface area contributed by atoms with Gasteiger partial charge in [0, 0.05) is 11.4 Å². The maximum absolute atomic E-state index is 5.92. The van der Waals surface area contributed by atoms with Crippen LogP contribution in [-0.2, 0) is 0 Å². The number of hydrogen-bond donors (Lipinski definition) is 1. The molecule has 4 rings (SSSR count). The van der Waals surface area contributed by atoms with E-state index in [-0.39, 0.29) is 24.8 Å². The quantitative estimate of drug-likeness (QED) is 0.466. The van der Waals surface area contributed by atoms with E-state index in [1.165, 1.54) is 0 Å². The number of nitrogens with two attached hydrogens (primary N) is 1. The van der Waals surface area contributed by atoms with Crippen LogP contribution < -0.4 is 5.73 Å². The summed E-state index contributed by atoms with van der Waals surface area (Å²) in [5.41, 5.74) is 10.8. The molecule has 26 heavy (non-hydrogen) atoms. The normalized spacial score (nSPS) is 10.5. The Morgan fingerprint density at radius 2 is 1.42 bits per heavy atom. The van der Waals surface area contributed by atoms with Gasteiger partial charge in [-0.3, -0.25) is 4.57 Å². The van der Waals surface area contributed by atoms with Crippen molar-refractivity contribution in [2.75, 3.05) is 5.73 Å². The van der Waals surface area contributed by atoms with Crippen molar-refractivity contribution in [3.05, 3.63) is 90.3 Å². The second-order valence-electron chi connectivity index (χ2n) is 5.63. The molecule has 0 aliphatic rings.